The molecule has 0 saturated carbocycles. The highest BCUT2D eigenvalue weighted by atomic mass is 19.3. The number of ether oxygens (including phenoxy) is 1. The average Bonchev–Trinajstić information content (AvgIpc) is 2.47. The molecule has 0 atom stereocenters. The van der Waals surface area contributed by atoms with Crippen LogP contribution >= 0.6 is 0 Å². The second kappa shape index (κ2) is 6.20. The highest BCUT2D eigenvalue weighted by molar-refractivity contribution is 6.58. The highest BCUT2D eigenvalue weighted by Crippen LogP contribution is 2.29. The van der Waals surface area contributed by atoms with Gasteiger partial charge < -0.3 is 14.8 Å². The molecule has 0 aliphatic rings. The molecule has 0 aliphatic heterocycles. The molecule has 21 heavy (non-hydrogen) atoms. The number of hydrogen-bond donors (Lipinski definition) is 2. The standard InChI is InChI=1S/C14H12BF3O3/c16-12-7-6-11(15(19)20)8-13(12)21-9-14(17,18)10-4-2-1-3-5-10/h1-8,19-20H,9H2. The van der Waals surface area contributed by atoms with Crippen molar-refractivity contribution in [2.75, 3.05) is 6.61 Å². The predicted octanol–water partition coefficient (Wildman–Crippen LogP) is 1.68. The van der Waals surface area contributed by atoms with Gasteiger partial charge in [0.15, 0.2) is 18.2 Å². The Kier molecular flexibility index (Phi) is 4.54. The topological polar surface area (TPSA) is 49.7 Å². The molecule has 0 saturated heterocycles. The van der Waals surface area contributed by atoms with E-state index in [4.69, 9.17) is 14.8 Å². The molecule has 110 valence electrons. The van der Waals surface area contributed by atoms with Crippen LogP contribution in [0.15, 0.2) is 48.5 Å². The molecular formula is C14H12BF3O3. The largest absolute Gasteiger partial charge is 0.488 e. The van der Waals surface area contributed by atoms with Crippen molar-refractivity contribution in [2.24, 2.45) is 0 Å². The lowest BCUT2D eigenvalue weighted by Gasteiger charge is -2.18. The molecule has 2 rings (SSSR count). The van der Waals surface area contributed by atoms with Crippen LogP contribution in [0.4, 0.5) is 13.2 Å². The third kappa shape index (κ3) is 3.77. The second-order valence-electron chi connectivity index (χ2n) is 4.42. The van der Waals surface area contributed by atoms with Crippen LogP contribution < -0.4 is 10.2 Å². The van der Waals surface area contributed by atoms with Gasteiger partial charge in [-0.05, 0) is 17.6 Å². The SMILES string of the molecule is OB(O)c1ccc(F)c(OCC(F)(F)c2ccccc2)c1. The molecule has 0 unspecified atom stereocenters. The molecule has 0 heterocycles. The van der Waals surface area contributed by atoms with Gasteiger partial charge in [-0.2, -0.15) is 8.78 Å². The Labute approximate surface area is 119 Å². The summed E-state index contributed by atoms with van der Waals surface area (Å²) in [6.07, 6.45) is 0. The summed E-state index contributed by atoms with van der Waals surface area (Å²) in [5.74, 6) is -4.61. The van der Waals surface area contributed by atoms with Gasteiger partial charge in [-0.1, -0.05) is 36.4 Å². The van der Waals surface area contributed by atoms with Crippen LogP contribution in [0.25, 0.3) is 0 Å². The lowest BCUT2D eigenvalue weighted by molar-refractivity contribution is -0.0475. The molecule has 0 bridgehead atoms. The minimum absolute atomic E-state index is 0.0468. The Hall–Kier alpha value is -1.99. The van der Waals surface area contributed by atoms with Crippen molar-refractivity contribution in [1.82, 2.24) is 0 Å². The number of hydrogen-bond acceptors (Lipinski definition) is 3. The summed E-state index contributed by atoms with van der Waals surface area (Å²) in [6, 6.07) is 10.0. The van der Waals surface area contributed by atoms with Gasteiger partial charge in [0.1, 0.15) is 0 Å². The van der Waals surface area contributed by atoms with Gasteiger partial charge in [0.05, 0.1) is 0 Å². The number of alkyl halides is 2. The van der Waals surface area contributed by atoms with Crippen LogP contribution in [0.1, 0.15) is 5.56 Å². The smallest absolute Gasteiger partial charge is 0.484 e. The Morgan fingerprint density at radius 3 is 2.33 bits per heavy atom. The van der Waals surface area contributed by atoms with E-state index in [-0.39, 0.29) is 11.0 Å². The van der Waals surface area contributed by atoms with E-state index in [2.05, 4.69) is 0 Å². The van der Waals surface area contributed by atoms with E-state index in [1.54, 1.807) is 6.07 Å². The van der Waals surface area contributed by atoms with E-state index < -0.39 is 31.2 Å². The second-order valence-corrected chi connectivity index (χ2v) is 4.42. The maximum atomic E-state index is 13.9. The first kappa shape index (κ1) is 15.4. The summed E-state index contributed by atoms with van der Waals surface area (Å²) >= 11 is 0. The normalized spacial score (nSPS) is 11.3. The zero-order valence-electron chi connectivity index (χ0n) is 10.8. The zero-order chi connectivity index (χ0) is 15.5. The van der Waals surface area contributed by atoms with Crippen molar-refractivity contribution in [3.05, 3.63) is 59.9 Å². The van der Waals surface area contributed by atoms with Crippen molar-refractivity contribution in [3.8, 4) is 5.75 Å². The molecule has 0 aromatic heterocycles. The van der Waals surface area contributed by atoms with Gasteiger partial charge in [0.2, 0.25) is 0 Å². The minimum Gasteiger partial charge on any atom is -0.484 e. The summed E-state index contributed by atoms with van der Waals surface area (Å²) in [5, 5.41) is 17.9. The lowest BCUT2D eigenvalue weighted by atomic mass is 9.80. The molecule has 2 aromatic rings. The molecule has 2 aromatic carbocycles. The van der Waals surface area contributed by atoms with Crippen molar-refractivity contribution in [2.45, 2.75) is 5.92 Å². The van der Waals surface area contributed by atoms with Gasteiger partial charge in [-0.3, -0.25) is 0 Å². The molecule has 0 spiro atoms. The third-order valence-corrected chi connectivity index (χ3v) is 2.86. The van der Waals surface area contributed by atoms with Gasteiger partial charge in [0, 0.05) is 5.56 Å². The average molecular weight is 296 g/mol. The van der Waals surface area contributed by atoms with Crippen molar-refractivity contribution in [3.63, 3.8) is 0 Å². The summed E-state index contributed by atoms with van der Waals surface area (Å²) in [6.45, 7) is -1.06. The van der Waals surface area contributed by atoms with Crippen molar-refractivity contribution >= 4 is 12.6 Å². The molecular weight excluding hydrogens is 284 g/mol. The van der Waals surface area contributed by atoms with Crippen LogP contribution in [-0.4, -0.2) is 23.8 Å². The molecule has 0 aliphatic carbocycles. The first-order chi connectivity index (χ1) is 9.90. The molecule has 0 fully saturated rings. The number of rotatable bonds is 5. The fraction of sp³-hybridized carbons (Fsp3) is 0.143. The maximum absolute atomic E-state index is 13.9. The van der Waals surface area contributed by atoms with E-state index in [1.807, 2.05) is 0 Å². The van der Waals surface area contributed by atoms with Crippen LogP contribution in [0.2, 0.25) is 0 Å². The Balaban J connectivity index is 2.14. The van der Waals surface area contributed by atoms with Gasteiger partial charge >= 0.3 is 13.0 Å². The minimum atomic E-state index is -3.29. The molecule has 3 nitrogen and oxygen atoms in total. The van der Waals surface area contributed by atoms with Gasteiger partial charge in [0.25, 0.3) is 0 Å². The van der Waals surface area contributed by atoms with E-state index in [0.717, 1.165) is 18.2 Å². The first-order valence-corrected chi connectivity index (χ1v) is 6.12. The fourth-order valence-electron chi connectivity index (χ4n) is 1.72. The van der Waals surface area contributed by atoms with Crippen LogP contribution in [0.3, 0.4) is 0 Å². The molecule has 0 amide bonds. The summed E-state index contributed by atoms with van der Waals surface area (Å²) in [7, 11) is -1.83. The summed E-state index contributed by atoms with van der Waals surface area (Å²) < 4.78 is 46.0. The Morgan fingerprint density at radius 1 is 1.05 bits per heavy atom. The van der Waals surface area contributed by atoms with Crippen LogP contribution in [0, 0.1) is 5.82 Å². The van der Waals surface area contributed by atoms with E-state index in [9.17, 15) is 13.2 Å². The number of benzene rings is 2. The lowest BCUT2D eigenvalue weighted by Crippen LogP contribution is -2.30. The Morgan fingerprint density at radius 2 is 1.71 bits per heavy atom. The van der Waals surface area contributed by atoms with Crippen molar-refractivity contribution < 1.29 is 28.0 Å². The predicted molar refractivity (Wildman–Crippen MR) is 72.1 cm³/mol. The van der Waals surface area contributed by atoms with Gasteiger partial charge in [-0.25, -0.2) is 4.39 Å². The molecule has 2 N–H and O–H groups in total. The zero-order valence-corrected chi connectivity index (χ0v) is 10.8. The summed E-state index contributed by atoms with van der Waals surface area (Å²) in [4.78, 5) is 0. The molecule has 7 heteroatoms. The maximum Gasteiger partial charge on any atom is 0.488 e. The number of halogens is 3. The van der Waals surface area contributed by atoms with E-state index in [0.29, 0.717) is 0 Å². The molecule has 0 radical (unpaired) electrons. The van der Waals surface area contributed by atoms with Crippen LogP contribution in [-0.2, 0) is 5.92 Å². The summed E-state index contributed by atoms with van der Waals surface area (Å²) in [5.41, 5.74) is -0.293. The first-order valence-electron chi connectivity index (χ1n) is 6.12. The fourth-order valence-corrected chi connectivity index (χ4v) is 1.72. The van der Waals surface area contributed by atoms with Crippen LogP contribution in [0.5, 0.6) is 5.75 Å². The van der Waals surface area contributed by atoms with Gasteiger partial charge in [-0.15, -0.1) is 0 Å². The Bertz CT molecular complexity index is 606. The quantitative estimate of drug-likeness (QED) is 0.825. The highest BCUT2D eigenvalue weighted by Gasteiger charge is 2.32. The van der Waals surface area contributed by atoms with Crippen molar-refractivity contribution in [1.29, 1.82) is 0 Å². The van der Waals surface area contributed by atoms with E-state index >= 15 is 0 Å². The monoisotopic (exact) mass is 296 g/mol. The van der Waals surface area contributed by atoms with E-state index in [1.165, 1.54) is 24.3 Å². The third-order valence-electron chi connectivity index (χ3n) is 2.86.